The van der Waals surface area contributed by atoms with Crippen molar-refractivity contribution in [2.45, 2.75) is 39.3 Å². The maximum Gasteiger partial charge on any atom is 0.410 e. The first-order chi connectivity index (χ1) is 14.7. The number of nitrogens with zero attached hydrogens (tertiary/aromatic N) is 3. The second-order valence-corrected chi connectivity index (χ2v) is 9.56. The van der Waals surface area contributed by atoms with Crippen LogP contribution in [-0.2, 0) is 17.7 Å². The zero-order valence-corrected chi connectivity index (χ0v) is 19.1. The second-order valence-electron chi connectivity index (χ2n) is 8.09. The Morgan fingerprint density at radius 3 is 2.68 bits per heavy atom. The van der Waals surface area contributed by atoms with Gasteiger partial charge in [-0.05, 0) is 32.9 Å². The number of ether oxygens (including phenoxy) is 2. The van der Waals surface area contributed by atoms with Gasteiger partial charge in [0.2, 0.25) is 0 Å². The number of hydrogen-bond donors (Lipinski definition) is 1. The number of para-hydroxylation sites is 1. The van der Waals surface area contributed by atoms with Crippen LogP contribution in [-0.4, -0.2) is 33.1 Å². The molecule has 1 amide bonds. The third-order valence-corrected chi connectivity index (χ3v) is 5.56. The Morgan fingerprint density at radius 1 is 1.16 bits per heavy atom. The van der Waals surface area contributed by atoms with Gasteiger partial charge < -0.3 is 19.7 Å². The lowest BCUT2D eigenvalue weighted by molar-refractivity contribution is 0.0225. The van der Waals surface area contributed by atoms with Gasteiger partial charge in [-0.3, -0.25) is 0 Å². The summed E-state index contributed by atoms with van der Waals surface area (Å²) in [6.07, 6.45) is 0.373. The molecular weight excluding hydrogens is 436 g/mol. The molecule has 1 aliphatic heterocycles. The fraction of sp³-hybridized carbons (Fsp3) is 0.318. The normalized spacial score (nSPS) is 13.5. The number of benzene rings is 1. The first-order valence-corrected chi connectivity index (χ1v) is 11.1. The van der Waals surface area contributed by atoms with Gasteiger partial charge in [0.15, 0.2) is 5.13 Å². The third kappa shape index (κ3) is 5.65. The van der Waals surface area contributed by atoms with E-state index in [0.717, 1.165) is 10.6 Å². The molecule has 1 aromatic carbocycles. The molecule has 0 atom stereocenters. The van der Waals surface area contributed by atoms with Crippen molar-refractivity contribution in [3.8, 4) is 11.5 Å². The number of thiazole rings is 1. The largest absolute Gasteiger partial charge is 0.457 e. The number of amides is 1. The summed E-state index contributed by atoms with van der Waals surface area (Å²) in [7, 11) is 0. The van der Waals surface area contributed by atoms with Gasteiger partial charge in [0.1, 0.15) is 28.1 Å². The van der Waals surface area contributed by atoms with Gasteiger partial charge in [-0.1, -0.05) is 41.1 Å². The minimum absolute atomic E-state index is 0.305. The summed E-state index contributed by atoms with van der Waals surface area (Å²) < 4.78 is 11.3. The van der Waals surface area contributed by atoms with Crippen molar-refractivity contribution in [1.82, 2.24) is 14.9 Å². The number of carbonyl (C=O) groups is 1. The summed E-state index contributed by atoms with van der Waals surface area (Å²) in [5.41, 5.74) is 0.463. The highest BCUT2D eigenvalue weighted by molar-refractivity contribution is 7.15. The van der Waals surface area contributed by atoms with Crippen molar-refractivity contribution < 1.29 is 14.3 Å². The number of anilines is 2. The maximum atomic E-state index is 12.4. The summed E-state index contributed by atoms with van der Waals surface area (Å²) in [6.45, 7) is 6.65. The quantitative estimate of drug-likeness (QED) is 0.481. The molecular formula is C22H23ClN4O3S. The molecule has 7 nitrogen and oxygen atoms in total. The molecule has 9 heteroatoms. The molecule has 0 bridgehead atoms. The smallest absolute Gasteiger partial charge is 0.410 e. The van der Waals surface area contributed by atoms with Crippen LogP contribution in [0.4, 0.5) is 15.7 Å². The number of fused-ring (bicyclic) bond motifs is 1. The fourth-order valence-corrected chi connectivity index (χ4v) is 4.29. The van der Waals surface area contributed by atoms with Crippen molar-refractivity contribution in [2.24, 2.45) is 0 Å². The number of rotatable bonds is 4. The van der Waals surface area contributed by atoms with Crippen molar-refractivity contribution in [3.05, 3.63) is 58.2 Å². The highest BCUT2D eigenvalue weighted by Gasteiger charge is 2.28. The summed E-state index contributed by atoms with van der Waals surface area (Å²) in [5, 5.41) is 4.21. The minimum Gasteiger partial charge on any atom is -0.457 e. The standard InChI is InChI=1S/C22H23ClN4O3S/c1-22(2,3)30-21(28)27-10-9-16-17(13-27)31-20(24-16)26-19-12-15(11-18(23)25-19)29-14-7-5-4-6-8-14/h4-8,11-12H,9-10,13H2,1-3H3,(H,24,25,26). The van der Waals surface area contributed by atoms with Gasteiger partial charge in [0, 0.05) is 30.0 Å². The summed E-state index contributed by atoms with van der Waals surface area (Å²) in [5.74, 6) is 1.82. The van der Waals surface area contributed by atoms with E-state index in [-0.39, 0.29) is 6.09 Å². The second kappa shape index (κ2) is 8.72. The zero-order valence-electron chi connectivity index (χ0n) is 17.5. The van der Waals surface area contributed by atoms with E-state index in [1.165, 1.54) is 11.3 Å². The Bertz CT molecular complexity index is 1080. The van der Waals surface area contributed by atoms with Crippen molar-refractivity contribution in [2.75, 3.05) is 11.9 Å². The number of pyridine rings is 1. The summed E-state index contributed by atoms with van der Waals surface area (Å²) >= 11 is 7.67. The van der Waals surface area contributed by atoms with Crippen LogP contribution in [0, 0.1) is 0 Å². The molecule has 0 saturated heterocycles. The van der Waals surface area contributed by atoms with E-state index in [4.69, 9.17) is 21.1 Å². The highest BCUT2D eigenvalue weighted by Crippen LogP contribution is 2.32. The molecule has 0 aliphatic carbocycles. The molecule has 4 rings (SSSR count). The summed E-state index contributed by atoms with van der Waals surface area (Å²) in [6, 6.07) is 12.9. The van der Waals surface area contributed by atoms with Gasteiger partial charge in [-0.2, -0.15) is 0 Å². The van der Waals surface area contributed by atoms with Crippen molar-refractivity contribution in [1.29, 1.82) is 0 Å². The molecule has 2 aromatic heterocycles. The van der Waals surface area contributed by atoms with Gasteiger partial charge in [-0.25, -0.2) is 14.8 Å². The lowest BCUT2D eigenvalue weighted by atomic mass is 10.2. The van der Waals surface area contributed by atoms with E-state index < -0.39 is 5.60 Å². The average molecular weight is 459 g/mol. The topological polar surface area (TPSA) is 76.6 Å². The number of carbonyl (C=O) groups excluding carboxylic acids is 1. The Hall–Kier alpha value is -2.84. The van der Waals surface area contributed by atoms with E-state index in [1.54, 1.807) is 17.0 Å². The first-order valence-electron chi connectivity index (χ1n) is 9.89. The molecule has 1 N–H and O–H groups in total. The Morgan fingerprint density at radius 2 is 1.94 bits per heavy atom. The van der Waals surface area contributed by atoms with Crippen molar-refractivity contribution in [3.63, 3.8) is 0 Å². The van der Waals surface area contributed by atoms with Gasteiger partial charge >= 0.3 is 6.09 Å². The highest BCUT2D eigenvalue weighted by atomic mass is 35.5. The summed E-state index contributed by atoms with van der Waals surface area (Å²) in [4.78, 5) is 24.1. The number of nitrogens with one attached hydrogen (secondary N) is 1. The Labute approximate surface area is 190 Å². The predicted molar refractivity (Wildman–Crippen MR) is 122 cm³/mol. The van der Waals surface area contributed by atoms with E-state index in [9.17, 15) is 4.79 Å². The van der Waals surface area contributed by atoms with Crippen LogP contribution >= 0.6 is 22.9 Å². The lowest BCUT2D eigenvalue weighted by Gasteiger charge is -2.29. The van der Waals surface area contributed by atoms with Gasteiger partial charge in [-0.15, -0.1) is 0 Å². The number of hydrogen-bond acceptors (Lipinski definition) is 7. The van der Waals surface area contributed by atoms with Crippen LogP contribution in [0.2, 0.25) is 5.15 Å². The molecule has 3 heterocycles. The molecule has 0 unspecified atom stereocenters. The molecule has 162 valence electrons. The third-order valence-electron chi connectivity index (χ3n) is 4.36. The Kier molecular flexibility index (Phi) is 6.02. The first kappa shape index (κ1) is 21.4. The Balaban J connectivity index is 1.46. The maximum absolute atomic E-state index is 12.4. The molecule has 3 aromatic rings. The average Bonchev–Trinajstić information content (AvgIpc) is 3.08. The van der Waals surface area contributed by atoms with Crippen LogP contribution in [0.5, 0.6) is 11.5 Å². The van der Waals surface area contributed by atoms with Gasteiger partial charge in [0.25, 0.3) is 0 Å². The van der Waals surface area contributed by atoms with E-state index >= 15 is 0 Å². The SMILES string of the molecule is CC(C)(C)OC(=O)N1CCc2nc(Nc3cc(Oc4ccccc4)cc(Cl)n3)sc2C1. The number of aromatic nitrogens is 2. The zero-order chi connectivity index (χ0) is 22.0. The monoisotopic (exact) mass is 458 g/mol. The van der Waals surface area contributed by atoms with Crippen molar-refractivity contribution >= 4 is 40.0 Å². The minimum atomic E-state index is -0.518. The van der Waals surface area contributed by atoms with Crippen LogP contribution < -0.4 is 10.1 Å². The molecule has 0 spiro atoms. The van der Waals surface area contributed by atoms with E-state index in [0.29, 0.717) is 47.1 Å². The molecule has 1 aliphatic rings. The molecule has 0 saturated carbocycles. The number of halogens is 1. The van der Waals surface area contributed by atoms with E-state index in [2.05, 4.69) is 15.3 Å². The van der Waals surface area contributed by atoms with E-state index in [1.807, 2.05) is 51.1 Å². The fourth-order valence-electron chi connectivity index (χ4n) is 3.06. The van der Waals surface area contributed by atoms with Crippen LogP contribution in [0.3, 0.4) is 0 Å². The van der Waals surface area contributed by atoms with Crippen LogP contribution in [0.25, 0.3) is 0 Å². The van der Waals surface area contributed by atoms with Crippen LogP contribution in [0.1, 0.15) is 31.3 Å². The molecule has 31 heavy (non-hydrogen) atoms. The van der Waals surface area contributed by atoms with Gasteiger partial charge in [0.05, 0.1) is 12.2 Å². The lowest BCUT2D eigenvalue weighted by Crippen LogP contribution is -2.39. The predicted octanol–water partition coefficient (Wildman–Crippen LogP) is 6.02. The van der Waals surface area contributed by atoms with Crippen LogP contribution in [0.15, 0.2) is 42.5 Å². The molecule has 0 fully saturated rings. The molecule has 0 radical (unpaired) electrons.